The first kappa shape index (κ1) is 39.5. The Morgan fingerprint density at radius 2 is 1.38 bits per heavy atom. The van der Waals surface area contributed by atoms with Crippen LogP contribution in [0.4, 0.5) is 0 Å². The van der Waals surface area contributed by atoms with Crippen molar-refractivity contribution in [2.75, 3.05) is 13.1 Å². The quantitative estimate of drug-likeness (QED) is 0.125. The Morgan fingerprint density at radius 1 is 0.800 bits per heavy atom. The van der Waals surface area contributed by atoms with Crippen molar-refractivity contribution in [1.82, 2.24) is 26.2 Å². The fourth-order valence-corrected chi connectivity index (χ4v) is 5.85. The summed E-state index contributed by atoms with van der Waals surface area (Å²) in [7, 11) is 0. The van der Waals surface area contributed by atoms with E-state index in [1.165, 1.54) is 17.0 Å². The molecule has 1 saturated heterocycles. The number of phenols is 1. The Bertz CT molecular complexity index is 1490. The van der Waals surface area contributed by atoms with Crippen LogP contribution in [0.25, 0.3) is 0 Å². The van der Waals surface area contributed by atoms with Crippen LogP contribution in [0.15, 0.2) is 54.6 Å². The van der Waals surface area contributed by atoms with E-state index in [0.717, 1.165) is 0 Å². The molecule has 0 radical (unpaired) electrons. The van der Waals surface area contributed by atoms with Gasteiger partial charge in [0.2, 0.25) is 29.5 Å². The van der Waals surface area contributed by atoms with Crippen LogP contribution in [0.3, 0.4) is 0 Å². The number of likely N-dealkylation sites (tertiary alicyclic amines) is 1. The van der Waals surface area contributed by atoms with Crippen molar-refractivity contribution in [2.24, 2.45) is 17.6 Å². The lowest BCUT2D eigenvalue weighted by Gasteiger charge is -2.30. The Balaban J connectivity index is 1.83. The molecule has 6 unspecified atom stereocenters. The molecule has 1 heterocycles. The van der Waals surface area contributed by atoms with E-state index in [-0.39, 0.29) is 37.0 Å². The predicted octanol–water partition coefficient (Wildman–Crippen LogP) is 0.853. The summed E-state index contributed by atoms with van der Waals surface area (Å²) in [6.07, 6.45) is 1.54. The highest BCUT2D eigenvalue weighted by atomic mass is 16.4. The first-order valence-corrected chi connectivity index (χ1v) is 17.0. The summed E-state index contributed by atoms with van der Waals surface area (Å²) >= 11 is 0. The lowest BCUT2D eigenvalue weighted by Crippen LogP contribution is -2.61. The monoisotopic (exact) mass is 694 g/mol. The summed E-state index contributed by atoms with van der Waals surface area (Å²) < 4.78 is 0. The van der Waals surface area contributed by atoms with Crippen LogP contribution in [0.1, 0.15) is 58.1 Å². The molecule has 14 nitrogen and oxygen atoms in total. The maximum absolute atomic E-state index is 13.9. The average molecular weight is 695 g/mol. The van der Waals surface area contributed by atoms with Gasteiger partial charge in [-0.15, -0.1) is 0 Å². The zero-order valence-electron chi connectivity index (χ0n) is 29.1. The van der Waals surface area contributed by atoms with Gasteiger partial charge in [0.25, 0.3) is 0 Å². The summed E-state index contributed by atoms with van der Waals surface area (Å²) in [6.45, 7) is 7.17. The second-order valence-corrected chi connectivity index (χ2v) is 13.1. The fraction of sp³-hybridized carbons (Fsp3) is 0.500. The molecule has 0 saturated carbocycles. The van der Waals surface area contributed by atoms with Gasteiger partial charge in [-0.05, 0) is 47.9 Å². The number of carbonyl (C=O) groups excluding carboxylic acids is 5. The largest absolute Gasteiger partial charge is 0.508 e. The van der Waals surface area contributed by atoms with E-state index in [1.807, 2.05) is 6.92 Å². The number of hydrogen-bond donors (Lipinski definition) is 7. The molecule has 272 valence electrons. The van der Waals surface area contributed by atoms with Crippen LogP contribution in [-0.2, 0) is 41.6 Å². The number of rotatable bonds is 17. The van der Waals surface area contributed by atoms with Crippen LogP contribution < -0.4 is 27.0 Å². The number of aromatic hydroxyl groups is 1. The maximum Gasteiger partial charge on any atom is 0.326 e. The number of amides is 5. The molecule has 14 heteroatoms. The van der Waals surface area contributed by atoms with Gasteiger partial charge in [0.1, 0.15) is 36.0 Å². The zero-order valence-corrected chi connectivity index (χ0v) is 29.1. The van der Waals surface area contributed by atoms with Gasteiger partial charge in [-0.2, -0.15) is 0 Å². The molecule has 2 aromatic rings. The summed E-state index contributed by atoms with van der Waals surface area (Å²) in [4.78, 5) is 80.4. The molecule has 3 rings (SSSR count). The molecule has 5 amide bonds. The number of nitrogens with zero attached hydrogens (tertiary/aromatic N) is 1. The molecule has 0 aromatic heterocycles. The summed E-state index contributed by atoms with van der Waals surface area (Å²) in [6, 6.07) is 9.40. The Kier molecular flexibility index (Phi) is 14.8. The third-order valence-electron chi connectivity index (χ3n) is 9.00. The molecule has 1 aliphatic heterocycles. The van der Waals surface area contributed by atoms with Gasteiger partial charge in [-0.25, -0.2) is 4.79 Å². The van der Waals surface area contributed by atoms with Crippen molar-refractivity contribution in [2.45, 2.75) is 90.0 Å². The molecule has 6 atom stereocenters. The van der Waals surface area contributed by atoms with Crippen LogP contribution >= 0.6 is 0 Å². The van der Waals surface area contributed by atoms with Crippen molar-refractivity contribution in [3.05, 3.63) is 65.7 Å². The SMILES string of the molecule is CCC(C)C(NC(=O)C1CCCN1C(=O)CN)C(=O)NC(Cc1ccc(O)cc1)C(=O)NC(C(=O)NC(Cc1ccccc1)C(=O)O)C(C)C. The van der Waals surface area contributed by atoms with Crippen LogP contribution in [0, 0.1) is 11.8 Å². The number of carbonyl (C=O) groups is 6. The molecule has 1 fully saturated rings. The second-order valence-electron chi connectivity index (χ2n) is 13.1. The maximum atomic E-state index is 13.9. The highest BCUT2D eigenvalue weighted by Crippen LogP contribution is 2.19. The van der Waals surface area contributed by atoms with E-state index in [4.69, 9.17) is 5.73 Å². The zero-order chi connectivity index (χ0) is 37.0. The lowest BCUT2D eigenvalue weighted by atomic mass is 9.96. The van der Waals surface area contributed by atoms with Gasteiger partial charge in [0.15, 0.2) is 0 Å². The third kappa shape index (κ3) is 11.0. The minimum Gasteiger partial charge on any atom is -0.508 e. The van der Waals surface area contributed by atoms with Gasteiger partial charge in [0.05, 0.1) is 6.54 Å². The second kappa shape index (κ2) is 18.7. The van der Waals surface area contributed by atoms with Gasteiger partial charge in [0, 0.05) is 19.4 Å². The minimum absolute atomic E-state index is 0.00689. The first-order chi connectivity index (χ1) is 23.7. The number of aliphatic carboxylic acids is 1. The van der Waals surface area contributed by atoms with E-state index in [1.54, 1.807) is 63.2 Å². The number of benzene rings is 2. The summed E-state index contributed by atoms with van der Waals surface area (Å²) in [5, 5.41) is 30.4. The molecule has 0 aliphatic carbocycles. The van der Waals surface area contributed by atoms with Crippen molar-refractivity contribution in [3.8, 4) is 5.75 Å². The lowest BCUT2D eigenvalue weighted by molar-refractivity contribution is -0.142. The predicted molar refractivity (Wildman–Crippen MR) is 185 cm³/mol. The highest BCUT2D eigenvalue weighted by Gasteiger charge is 2.38. The first-order valence-electron chi connectivity index (χ1n) is 17.0. The van der Waals surface area contributed by atoms with Gasteiger partial charge < -0.3 is 42.1 Å². The molecule has 1 aliphatic rings. The van der Waals surface area contributed by atoms with E-state index >= 15 is 0 Å². The Labute approximate surface area is 292 Å². The van der Waals surface area contributed by atoms with Crippen LogP contribution in [-0.4, -0.2) is 93.9 Å². The Morgan fingerprint density at radius 3 is 1.96 bits per heavy atom. The van der Waals surface area contributed by atoms with Crippen LogP contribution in [0.5, 0.6) is 5.75 Å². The van der Waals surface area contributed by atoms with E-state index in [2.05, 4.69) is 21.3 Å². The van der Waals surface area contributed by atoms with Gasteiger partial charge in [-0.1, -0.05) is 76.6 Å². The molecule has 8 N–H and O–H groups in total. The number of carboxylic acids is 1. The van der Waals surface area contributed by atoms with Crippen molar-refractivity contribution in [1.29, 1.82) is 0 Å². The highest BCUT2D eigenvalue weighted by molar-refractivity contribution is 5.96. The average Bonchev–Trinajstić information content (AvgIpc) is 3.59. The van der Waals surface area contributed by atoms with Crippen LogP contribution in [0.2, 0.25) is 0 Å². The molecule has 0 spiro atoms. The fourth-order valence-electron chi connectivity index (χ4n) is 5.85. The Hall–Kier alpha value is -4.98. The minimum atomic E-state index is -1.26. The van der Waals surface area contributed by atoms with Gasteiger partial charge >= 0.3 is 5.97 Å². The van der Waals surface area contributed by atoms with E-state index in [9.17, 15) is 39.0 Å². The summed E-state index contributed by atoms with van der Waals surface area (Å²) in [5.74, 6) is -4.96. The number of nitrogens with one attached hydrogen (secondary N) is 4. The van der Waals surface area contributed by atoms with Gasteiger partial charge in [-0.3, -0.25) is 24.0 Å². The topological polar surface area (TPSA) is 220 Å². The van der Waals surface area contributed by atoms with E-state index in [0.29, 0.717) is 36.9 Å². The number of nitrogens with two attached hydrogens (primary N) is 1. The molecule has 2 aromatic carbocycles. The van der Waals surface area contributed by atoms with Crippen molar-refractivity contribution < 1.29 is 39.0 Å². The molecular formula is C36H50N6O8. The number of carboxylic acid groups (broad SMARTS) is 1. The number of hydrogen-bond acceptors (Lipinski definition) is 8. The molecule has 50 heavy (non-hydrogen) atoms. The van der Waals surface area contributed by atoms with Crippen molar-refractivity contribution >= 4 is 35.5 Å². The summed E-state index contributed by atoms with van der Waals surface area (Å²) in [5.41, 5.74) is 6.83. The smallest absolute Gasteiger partial charge is 0.326 e. The number of phenolic OH excluding ortho intramolecular Hbond substituents is 1. The molecular weight excluding hydrogens is 644 g/mol. The third-order valence-corrected chi connectivity index (χ3v) is 9.00. The van der Waals surface area contributed by atoms with E-state index < -0.39 is 65.7 Å². The van der Waals surface area contributed by atoms with Crippen molar-refractivity contribution in [3.63, 3.8) is 0 Å². The molecule has 0 bridgehead atoms. The standard InChI is InChI=1S/C36H50N6O8/c1-5-22(4)31(41-33(46)28-12-9-17-42(28)29(44)20-37)35(48)38-26(18-24-13-15-25(43)16-14-24)32(45)40-30(21(2)3)34(47)39-27(36(49)50)19-23-10-7-6-8-11-23/h6-8,10-11,13-16,21-22,26-28,30-31,43H,5,9,12,17-20,37H2,1-4H3,(H,38,48)(H,39,47)(H,40,45)(H,41,46)(H,49,50). The normalized spacial score (nSPS) is 17.2.